The molecule has 1 aliphatic heterocycles. The van der Waals surface area contributed by atoms with E-state index < -0.39 is 9.84 Å². The average molecular weight is 388 g/mol. The van der Waals surface area contributed by atoms with E-state index in [2.05, 4.69) is 22.8 Å². The third kappa shape index (κ3) is 4.74. The van der Waals surface area contributed by atoms with Gasteiger partial charge in [0.25, 0.3) is 5.91 Å². The number of nitrogens with one attached hydrogen (secondary N) is 2. The molecule has 0 fully saturated rings. The van der Waals surface area contributed by atoms with Gasteiger partial charge in [0.1, 0.15) is 0 Å². The lowest BCUT2D eigenvalue weighted by Gasteiger charge is -2.27. The predicted molar refractivity (Wildman–Crippen MR) is 104 cm³/mol. The number of methoxy groups -OCH3 is 1. The Morgan fingerprint density at radius 2 is 1.93 bits per heavy atom. The van der Waals surface area contributed by atoms with Crippen molar-refractivity contribution in [3.05, 3.63) is 65.2 Å². The first-order valence-corrected chi connectivity index (χ1v) is 10.6. The molecule has 0 saturated carbocycles. The maximum atomic E-state index is 12.4. The van der Waals surface area contributed by atoms with E-state index in [-0.39, 0.29) is 29.2 Å². The molecule has 0 spiro atoms. The van der Waals surface area contributed by atoms with Crippen LogP contribution in [-0.4, -0.2) is 46.9 Å². The summed E-state index contributed by atoms with van der Waals surface area (Å²) in [7, 11) is -1.93. The third-order valence-corrected chi connectivity index (χ3v) is 6.41. The molecule has 0 radical (unpaired) electrons. The van der Waals surface area contributed by atoms with Gasteiger partial charge in [0.2, 0.25) is 0 Å². The van der Waals surface area contributed by atoms with E-state index in [0.717, 1.165) is 13.0 Å². The molecule has 2 aromatic rings. The Balaban J connectivity index is 1.62. The predicted octanol–water partition coefficient (Wildman–Crippen LogP) is 1.72. The summed E-state index contributed by atoms with van der Waals surface area (Å²) in [5.41, 5.74) is 2.95. The van der Waals surface area contributed by atoms with Crippen LogP contribution in [0.3, 0.4) is 0 Å². The van der Waals surface area contributed by atoms with E-state index in [4.69, 9.17) is 4.74 Å². The van der Waals surface area contributed by atoms with E-state index in [1.54, 1.807) is 0 Å². The van der Waals surface area contributed by atoms with Crippen LogP contribution in [-0.2, 0) is 21.0 Å². The van der Waals surface area contributed by atoms with Crippen molar-refractivity contribution in [2.24, 2.45) is 0 Å². The summed E-state index contributed by atoms with van der Waals surface area (Å²) < 4.78 is 29.1. The molecule has 1 amide bonds. The molecule has 0 aliphatic carbocycles. The topological polar surface area (TPSA) is 84.5 Å². The van der Waals surface area contributed by atoms with Crippen LogP contribution in [0.2, 0.25) is 0 Å². The van der Waals surface area contributed by atoms with Crippen LogP contribution in [0.15, 0.2) is 53.4 Å². The Morgan fingerprint density at radius 1 is 1.19 bits per heavy atom. The maximum absolute atomic E-state index is 12.4. The van der Waals surface area contributed by atoms with E-state index >= 15 is 0 Å². The fourth-order valence-corrected chi connectivity index (χ4v) is 4.37. The number of sulfone groups is 1. The molecule has 3 rings (SSSR count). The van der Waals surface area contributed by atoms with Crippen LogP contribution in [0, 0.1) is 0 Å². The number of amides is 1. The van der Waals surface area contributed by atoms with Gasteiger partial charge in [0.05, 0.1) is 17.3 Å². The standard InChI is InChI=1S/C20H24N2O4S/c1-26-12-13-27(24,25)17-8-6-16(7-9-17)20(23)22-14-19-18-5-3-2-4-15(18)10-11-21-19/h2-9,19,21H,10-14H2,1H3,(H,22,23). The van der Waals surface area contributed by atoms with Crippen LogP contribution in [0.4, 0.5) is 0 Å². The van der Waals surface area contributed by atoms with Crippen molar-refractivity contribution in [1.29, 1.82) is 0 Å². The molecule has 1 heterocycles. The number of fused-ring (bicyclic) bond motifs is 1. The number of ether oxygens (including phenoxy) is 1. The molecule has 27 heavy (non-hydrogen) atoms. The zero-order valence-corrected chi connectivity index (χ0v) is 16.1. The number of carbonyl (C=O) groups is 1. The van der Waals surface area contributed by atoms with E-state index in [1.165, 1.54) is 42.5 Å². The third-order valence-electron chi connectivity index (χ3n) is 4.71. The van der Waals surface area contributed by atoms with E-state index in [1.807, 2.05) is 12.1 Å². The maximum Gasteiger partial charge on any atom is 0.251 e. The summed E-state index contributed by atoms with van der Waals surface area (Å²) >= 11 is 0. The summed E-state index contributed by atoms with van der Waals surface area (Å²) in [5.74, 6) is -0.303. The molecule has 2 aromatic carbocycles. The summed E-state index contributed by atoms with van der Waals surface area (Å²) in [6, 6.07) is 14.3. The SMILES string of the molecule is COCCS(=O)(=O)c1ccc(C(=O)NCC2NCCc3ccccc32)cc1. The van der Waals surface area contributed by atoms with Gasteiger partial charge < -0.3 is 15.4 Å². The lowest BCUT2D eigenvalue weighted by Crippen LogP contribution is -2.38. The van der Waals surface area contributed by atoms with Crippen LogP contribution in [0.5, 0.6) is 0 Å². The second-order valence-electron chi connectivity index (χ2n) is 6.50. The summed E-state index contributed by atoms with van der Waals surface area (Å²) in [5, 5.41) is 6.36. The molecule has 1 aliphatic rings. The van der Waals surface area contributed by atoms with Crippen molar-refractivity contribution in [3.63, 3.8) is 0 Å². The molecule has 144 valence electrons. The monoisotopic (exact) mass is 388 g/mol. The van der Waals surface area contributed by atoms with Gasteiger partial charge in [0.15, 0.2) is 9.84 Å². The molecule has 6 nitrogen and oxygen atoms in total. The molecule has 1 unspecified atom stereocenters. The van der Waals surface area contributed by atoms with Gasteiger partial charge in [0, 0.05) is 25.3 Å². The molecule has 0 saturated heterocycles. The lowest BCUT2D eigenvalue weighted by atomic mass is 9.94. The van der Waals surface area contributed by atoms with Gasteiger partial charge in [-0.2, -0.15) is 0 Å². The smallest absolute Gasteiger partial charge is 0.251 e. The van der Waals surface area contributed by atoms with Crippen LogP contribution in [0.25, 0.3) is 0 Å². The molecule has 1 atom stereocenters. The molecule has 0 bridgehead atoms. The number of hydrogen-bond donors (Lipinski definition) is 2. The van der Waals surface area contributed by atoms with Crippen molar-refractivity contribution in [2.75, 3.05) is 32.6 Å². The van der Waals surface area contributed by atoms with Crippen molar-refractivity contribution in [3.8, 4) is 0 Å². The van der Waals surface area contributed by atoms with Crippen molar-refractivity contribution < 1.29 is 17.9 Å². The molecular formula is C20H24N2O4S. The lowest BCUT2D eigenvalue weighted by molar-refractivity contribution is 0.0949. The highest BCUT2D eigenvalue weighted by atomic mass is 32.2. The Labute approximate surface area is 159 Å². The van der Waals surface area contributed by atoms with Crippen molar-refractivity contribution in [1.82, 2.24) is 10.6 Å². The number of rotatable bonds is 7. The van der Waals surface area contributed by atoms with Crippen LogP contribution >= 0.6 is 0 Å². The summed E-state index contributed by atoms with van der Waals surface area (Å²) in [4.78, 5) is 12.6. The molecule has 2 N–H and O–H groups in total. The Bertz CT molecular complexity index is 894. The van der Waals surface area contributed by atoms with E-state index in [0.29, 0.717) is 12.1 Å². The Hall–Kier alpha value is -2.22. The molecular weight excluding hydrogens is 364 g/mol. The first-order chi connectivity index (χ1) is 13.0. The van der Waals surface area contributed by atoms with Gasteiger partial charge in [-0.1, -0.05) is 24.3 Å². The van der Waals surface area contributed by atoms with Gasteiger partial charge in [-0.25, -0.2) is 8.42 Å². The zero-order valence-electron chi connectivity index (χ0n) is 15.3. The number of carbonyl (C=O) groups excluding carboxylic acids is 1. The highest BCUT2D eigenvalue weighted by Crippen LogP contribution is 2.22. The first-order valence-electron chi connectivity index (χ1n) is 8.92. The highest BCUT2D eigenvalue weighted by molar-refractivity contribution is 7.91. The van der Waals surface area contributed by atoms with Crippen molar-refractivity contribution in [2.45, 2.75) is 17.4 Å². The second-order valence-corrected chi connectivity index (χ2v) is 8.61. The molecule has 7 heteroatoms. The fourth-order valence-electron chi connectivity index (χ4n) is 3.20. The normalized spacial score (nSPS) is 16.6. The highest BCUT2D eigenvalue weighted by Gasteiger charge is 2.20. The quantitative estimate of drug-likeness (QED) is 0.755. The molecule has 0 aromatic heterocycles. The van der Waals surface area contributed by atoms with E-state index in [9.17, 15) is 13.2 Å². The van der Waals surface area contributed by atoms with Crippen molar-refractivity contribution >= 4 is 15.7 Å². The van der Waals surface area contributed by atoms with Gasteiger partial charge in [-0.3, -0.25) is 4.79 Å². The average Bonchev–Trinajstić information content (AvgIpc) is 2.70. The van der Waals surface area contributed by atoms with Gasteiger partial charge >= 0.3 is 0 Å². The Morgan fingerprint density at radius 3 is 2.67 bits per heavy atom. The summed E-state index contributed by atoms with van der Waals surface area (Å²) in [6.45, 7) is 1.50. The van der Waals surface area contributed by atoms with Crippen LogP contribution in [0.1, 0.15) is 27.5 Å². The Kier molecular flexibility index (Phi) is 6.26. The fraction of sp³-hybridized carbons (Fsp3) is 0.350. The number of hydrogen-bond acceptors (Lipinski definition) is 5. The van der Waals surface area contributed by atoms with Gasteiger partial charge in [-0.15, -0.1) is 0 Å². The van der Waals surface area contributed by atoms with Crippen LogP contribution < -0.4 is 10.6 Å². The largest absolute Gasteiger partial charge is 0.384 e. The first kappa shape index (κ1) is 19.5. The minimum atomic E-state index is -3.39. The number of benzene rings is 2. The minimum absolute atomic E-state index is 0.0765. The second kappa shape index (κ2) is 8.65. The summed E-state index contributed by atoms with van der Waals surface area (Å²) in [6.07, 6.45) is 0.986. The zero-order chi connectivity index (χ0) is 19.3. The van der Waals surface area contributed by atoms with Gasteiger partial charge in [-0.05, 0) is 48.4 Å². The minimum Gasteiger partial charge on any atom is -0.384 e.